The lowest BCUT2D eigenvalue weighted by Crippen LogP contribution is -2.44. The number of thioether (sulfide) groups is 1. The maximum Gasteiger partial charge on any atom is 0.226 e. The summed E-state index contributed by atoms with van der Waals surface area (Å²) in [5.41, 5.74) is 0. The van der Waals surface area contributed by atoms with Crippen molar-refractivity contribution in [2.75, 3.05) is 37.7 Å². The molecule has 1 aromatic heterocycles. The largest absolute Gasteiger partial charge is 0.339 e. The summed E-state index contributed by atoms with van der Waals surface area (Å²) in [4.78, 5) is 7.05. The van der Waals surface area contributed by atoms with Gasteiger partial charge in [-0.2, -0.15) is 16.7 Å². The third-order valence-electron chi connectivity index (χ3n) is 4.36. The predicted molar refractivity (Wildman–Crippen MR) is 80.9 cm³/mol. The number of nitrogens with one attached hydrogen (secondary N) is 1. The Morgan fingerprint density at radius 2 is 2.10 bits per heavy atom. The van der Waals surface area contributed by atoms with Gasteiger partial charge in [0, 0.05) is 32.6 Å². The van der Waals surface area contributed by atoms with E-state index in [0.29, 0.717) is 0 Å². The first-order valence-corrected chi connectivity index (χ1v) is 8.83. The molecule has 0 saturated carbocycles. The van der Waals surface area contributed by atoms with Gasteiger partial charge >= 0.3 is 0 Å². The van der Waals surface area contributed by atoms with Crippen molar-refractivity contribution < 1.29 is 4.52 Å². The fourth-order valence-corrected chi connectivity index (χ4v) is 4.15. The van der Waals surface area contributed by atoms with Crippen LogP contribution >= 0.6 is 11.8 Å². The van der Waals surface area contributed by atoms with Crippen LogP contribution in [0.5, 0.6) is 0 Å². The number of hydrogen-bond donors (Lipinski definition) is 1. The molecule has 1 unspecified atom stereocenters. The average Bonchev–Trinajstić information content (AvgIpc) is 2.97. The van der Waals surface area contributed by atoms with Crippen molar-refractivity contribution in [3.63, 3.8) is 0 Å². The van der Waals surface area contributed by atoms with E-state index in [1.54, 1.807) is 0 Å². The molecule has 3 rings (SSSR count). The highest BCUT2D eigenvalue weighted by Gasteiger charge is 2.23. The van der Waals surface area contributed by atoms with E-state index in [4.69, 9.17) is 4.52 Å². The molecule has 2 aliphatic rings. The van der Waals surface area contributed by atoms with Gasteiger partial charge in [0.25, 0.3) is 0 Å². The summed E-state index contributed by atoms with van der Waals surface area (Å²) >= 11 is 2.06. The van der Waals surface area contributed by atoms with Crippen LogP contribution in [0.3, 0.4) is 0 Å². The standard InChI is InChI=1S/C14H24N4OS/c1-11(18-6-4-15-5-7-18)14-16-13(19-17-14)10-12-2-8-20-9-3-12/h11-12,15H,2-10H2,1H3. The van der Waals surface area contributed by atoms with Crippen LogP contribution in [-0.2, 0) is 6.42 Å². The Balaban J connectivity index is 1.57. The van der Waals surface area contributed by atoms with E-state index in [1.807, 2.05) is 0 Å². The van der Waals surface area contributed by atoms with Crippen LogP contribution in [-0.4, -0.2) is 52.7 Å². The van der Waals surface area contributed by atoms with Gasteiger partial charge in [-0.25, -0.2) is 0 Å². The molecule has 1 aromatic rings. The quantitative estimate of drug-likeness (QED) is 0.913. The molecule has 0 spiro atoms. The van der Waals surface area contributed by atoms with Crippen LogP contribution in [0, 0.1) is 5.92 Å². The molecule has 1 N–H and O–H groups in total. The second-order valence-corrected chi connectivity index (χ2v) is 6.99. The molecular formula is C14H24N4OS. The van der Waals surface area contributed by atoms with Gasteiger partial charge in [-0.05, 0) is 37.2 Å². The summed E-state index contributed by atoms with van der Waals surface area (Å²) in [7, 11) is 0. The maximum atomic E-state index is 5.47. The van der Waals surface area contributed by atoms with Gasteiger partial charge in [0.05, 0.1) is 6.04 Å². The Hall–Kier alpha value is -0.590. The molecule has 0 bridgehead atoms. The summed E-state index contributed by atoms with van der Waals surface area (Å²) in [6.45, 7) is 6.40. The van der Waals surface area contributed by atoms with Crippen molar-refractivity contribution in [1.29, 1.82) is 0 Å². The minimum absolute atomic E-state index is 0.261. The molecule has 20 heavy (non-hydrogen) atoms. The van der Waals surface area contributed by atoms with E-state index in [-0.39, 0.29) is 6.04 Å². The SMILES string of the molecule is CC(c1noc(CC2CCSCC2)n1)N1CCNCC1. The summed E-state index contributed by atoms with van der Waals surface area (Å²) < 4.78 is 5.47. The van der Waals surface area contributed by atoms with Crippen LogP contribution in [0.25, 0.3) is 0 Å². The Morgan fingerprint density at radius 1 is 1.35 bits per heavy atom. The lowest BCUT2D eigenvalue weighted by atomic mass is 9.99. The van der Waals surface area contributed by atoms with E-state index < -0.39 is 0 Å². The highest BCUT2D eigenvalue weighted by Crippen LogP contribution is 2.26. The molecule has 0 amide bonds. The van der Waals surface area contributed by atoms with Crippen LogP contribution in [0.1, 0.15) is 37.5 Å². The summed E-state index contributed by atoms with van der Waals surface area (Å²) in [6.07, 6.45) is 3.54. The van der Waals surface area contributed by atoms with Crippen molar-refractivity contribution in [3.8, 4) is 0 Å². The maximum absolute atomic E-state index is 5.47. The fourth-order valence-electron chi connectivity index (χ4n) is 2.95. The number of hydrogen-bond acceptors (Lipinski definition) is 6. The van der Waals surface area contributed by atoms with Crippen molar-refractivity contribution in [2.45, 2.75) is 32.2 Å². The van der Waals surface area contributed by atoms with Crippen molar-refractivity contribution in [1.82, 2.24) is 20.4 Å². The zero-order chi connectivity index (χ0) is 13.8. The number of piperazine rings is 1. The molecule has 0 radical (unpaired) electrons. The van der Waals surface area contributed by atoms with E-state index >= 15 is 0 Å². The fraction of sp³-hybridized carbons (Fsp3) is 0.857. The minimum Gasteiger partial charge on any atom is -0.339 e. The number of nitrogens with zero attached hydrogens (tertiary/aromatic N) is 3. The molecule has 5 nitrogen and oxygen atoms in total. The molecule has 2 fully saturated rings. The normalized spacial score (nSPS) is 23.9. The van der Waals surface area contributed by atoms with E-state index in [9.17, 15) is 0 Å². The Bertz CT molecular complexity index is 413. The van der Waals surface area contributed by atoms with E-state index in [1.165, 1.54) is 24.3 Å². The molecule has 0 aromatic carbocycles. The highest BCUT2D eigenvalue weighted by atomic mass is 32.2. The lowest BCUT2D eigenvalue weighted by molar-refractivity contribution is 0.176. The van der Waals surface area contributed by atoms with Gasteiger partial charge < -0.3 is 9.84 Å². The Kier molecular flexibility index (Phi) is 4.96. The molecule has 0 aliphatic carbocycles. The van der Waals surface area contributed by atoms with Gasteiger partial charge in [0.2, 0.25) is 5.89 Å². The van der Waals surface area contributed by atoms with E-state index in [0.717, 1.165) is 50.2 Å². The topological polar surface area (TPSA) is 54.2 Å². The summed E-state index contributed by atoms with van der Waals surface area (Å²) in [5, 5.41) is 7.58. The monoisotopic (exact) mass is 296 g/mol. The molecule has 6 heteroatoms. The van der Waals surface area contributed by atoms with Crippen LogP contribution in [0.15, 0.2) is 4.52 Å². The van der Waals surface area contributed by atoms with Crippen molar-refractivity contribution >= 4 is 11.8 Å². The van der Waals surface area contributed by atoms with Crippen LogP contribution in [0.2, 0.25) is 0 Å². The van der Waals surface area contributed by atoms with Gasteiger partial charge in [-0.3, -0.25) is 4.90 Å². The second kappa shape index (κ2) is 6.91. The third kappa shape index (κ3) is 3.54. The van der Waals surface area contributed by atoms with Crippen LogP contribution < -0.4 is 5.32 Å². The zero-order valence-corrected chi connectivity index (χ0v) is 13.0. The van der Waals surface area contributed by atoms with Gasteiger partial charge in [0.1, 0.15) is 0 Å². The highest BCUT2D eigenvalue weighted by molar-refractivity contribution is 7.99. The van der Waals surface area contributed by atoms with Gasteiger partial charge in [0.15, 0.2) is 5.82 Å². The Labute approximate surface area is 124 Å². The summed E-state index contributed by atoms with van der Waals surface area (Å²) in [5.74, 6) is 4.98. The molecule has 3 heterocycles. The van der Waals surface area contributed by atoms with E-state index in [2.05, 4.69) is 39.0 Å². The Morgan fingerprint density at radius 3 is 2.85 bits per heavy atom. The molecule has 2 saturated heterocycles. The molecule has 112 valence electrons. The summed E-state index contributed by atoms with van der Waals surface area (Å²) in [6, 6.07) is 0.261. The number of rotatable bonds is 4. The molecule has 1 atom stereocenters. The number of aromatic nitrogens is 2. The zero-order valence-electron chi connectivity index (χ0n) is 12.2. The first kappa shape index (κ1) is 14.4. The van der Waals surface area contributed by atoms with Gasteiger partial charge in [-0.1, -0.05) is 5.16 Å². The first-order chi connectivity index (χ1) is 9.83. The molecule has 2 aliphatic heterocycles. The average molecular weight is 296 g/mol. The van der Waals surface area contributed by atoms with Gasteiger partial charge in [-0.15, -0.1) is 0 Å². The second-order valence-electron chi connectivity index (χ2n) is 5.77. The van der Waals surface area contributed by atoms with Crippen LogP contribution in [0.4, 0.5) is 0 Å². The van der Waals surface area contributed by atoms with Crippen molar-refractivity contribution in [2.24, 2.45) is 5.92 Å². The minimum atomic E-state index is 0.261. The van der Waals surface area contributed by atoms with Crippen molar-refractivity contribution in [3.05, 3.63) is 11.7 Å². The lowest BCUT2D eigenvalue weighted by Gasteiger charge is -2.30. The molecular weight excluding hydrogens is 272 g/mol. The first-order valence-electron chi connectivity index (χ1n) is 7.68. The predicted octanol–water partition coefficient (Wildman–Crippen LogP) is 1.72. The third-order valence-corrected chi connectivity index (χ3v) is 5.41. The smallest absolute Gasteiger partial charge is 0.226 e.